The van der Waals surface area contributed by atoms with Gasteiger partial charge < -0.3 is 14.4 Å². The van der Waals surface area contributed by atoms with Gasteiger partial charge in [-0.2, -0.15) is 0 Å². The maximum atomic E-state index is 12.1. The molecular formula is C15H18N2O6. The first-order chi connectivity index (χ1) is 10.9. The van der Waals surface area contributed by atoms with Crippen molar-refractivity contribution in [2.24, 2.45) is 0 Å². The fraction of sp³-hybridized carbons (Fsp3) is 0.467. The van der Waals surface area contributed by atoms with Gasteiger partial charge in [-0.1, -0.05) is 6.07 Å². The topological polar surface area (TPSA) is 99.0 Å². The van der Waals surface area contributed by atoms with Crippen LogP contribution < -0.4 is 0 Å². The van der Waals surface area contributed by atoms with Crippen molar-refractivity contribution >= 4 is 17.6 Å². The van der Waals surface area contributed by atoms with Crippen LogP contribution in [0.4, 0.5) is 5.69 Å². The molecule has 0 spiro atoms. The number of carbonyl (C=O) groups excluding carboxylic acids is 2. The molecule has 1 aromatic carbocycles. The molecule has 2 rings (SSSR count). The SMILES string of the molecule is C[C@@H]1CN(C(=O)COC(=O)c2cccc([N+](=O)[O-])c2)C[C@H](C)O1. The highest BCUT2D eigenvalue weighted by Gasteiger charge is 2.26. The number of hydrogen-bond donors (Lipinski definition) is 0. The Morgan fingerprint density at radius 1 is 1.35 bits per heavy atom. The number of amides is 1. The molecule has 0 bridgehead atoms. The Morgan fingerprint density at radius 2 is 2.00 bits per heavy atom. The monoisotopic (exact) mass is 322 g/mol. The number of ether oxygens (including phenoxy) is 2. The highest BCUT2D eigenvalue weighted by molar-refractivity contribution is 5.91. The second-order valence-electron chi connectivity index (χ2n) is 5.44. The zero-order valence-electron chi connectivity index (χ0n) is 12.9. The van der Waals surface area contributed by atoms with Crippen molar-refractivity contribution in [3.63, 3.8) is 0 Å². The van der Waals surface area contributed by atoms with E-state index in [1.54, 1.807) is 4.90 Å². The van der Waals surface area contributed by atoms with E-state index in [1.807, 2.05) is 13.8 Å². The summed E-state index contributed by atoms with van der Waals surface area (Å²) >= 11 is 0. The van der Waals surface area contributed by atoms with Gasteiger partial charge in [0.05, 0.1) is 22.7 Å². The van der Waals surface area contributed by atoms with Crippen LogP contribution >= 0.6 is 0 Å². The van der Waals surface area contributed by atoms with Crippen LogP contribution in [-0.2, 0) is 14.3 Å². The Bertz CT molecular complexity index is 608. The third-order valence-electron chi connectivity index (χ3n) is 3.39. The Morgan fingerprint density at radius 3 is 2.61 bits per heavy atom. The van der Waals surface area contributed by atoms with Gasteiger partial charge in [0, 0.05) is 25.2 Å². The molecule has 1 aromatic rings. The first-order valence-electron chi connectivity index (χ1n) is 7.21. The lowest BCUT2D eigenvalue weighted by atomic mass is 10.2. The molecule has 23 heavy (non-hydrogen) atoms. The van der Waals surface area contributed by atoms with Crippen molar-refractivity contribution < 1.29 is 24.0 Å². The molecule has 1 heterocycles. The van der Waals surface area contributed by atoms with Gasteiger partial charge in [0.15, 0.2) is 6.61 Å². The number of hydrogen-bond acceptors (Lipinski definition) is 6. The molecular weight excluding hydrogens is 304 g/mol. The van der Waals surface area contributed by atoms with E-state index < -0.39 is 17.5 Å². The van der Waals surface area contributed by atoms with E-state index in [2.05, 4.69) is 0 Å². The summed E-state index contributed by atoms with van der Waals surface area (Å²) in [6.07, 6.45) is -0.148. The van der Waals surface area contributed by atoms with Crippen molar-refractivity contribution in [3.05, 3.63) is 39.9 Å². The molecule has 1 aliphatic rings. The molecule has 0 aliphatic carbocycles. The molecule has 1 aliphatic heterocycles. The normalized spacial score (nSPS) is 20.9. The van der Waals surface area contributed by atoms with Gasteiger partial charge in [0.25, 0.3) is 11.6 Å². The summed E-state index contributed by atoms with van der Waals surface area (Å²) in [7, 11) is 0. The van der Waals surface area contributed by atoms with Crippen LogP contribution in [0.2, 0.25) is 0 Å². The summed E-state index contributed by atoms with van der Waals surface area (Å²) in [4.78, 5) is 35.7. The molecule has 1 fully saturated rings. The third-order valence-corrected chi connectivity index (χ3v) is 3.39. The molecule has 2 atom stereocenters. The molecule has 0 saturated carbocycles. The molecule has 8 heteroatoms. The number of morpholine rings is 1. The predicted molar refractivity (Wildman–Crippen MR) is 80.0 cm³/mol. The molecule has 1 amide bonds. The average Bonchev–Trinajstić information content (AvgIpc) is 2.51. The second-order valence-corrected chi connectivity index (χ2v) is 5.44. The van der Waals surface area contributed by atoms with Gasteiger partial charge in [0.1, 0.15) is 0 Å². The van der Waals surface area contributed by atoms with Crippen LogP contribution in [0, 0.1) is 10.1 Å². The fourth-order valence-corrected chi connectivity index (χ4v) is 2.43. The lowest BCUT2D eigenvalue weighted by Crippen LogP contribution is -2.49. The molecule has 124 valence electrons. The Hall–Kier alpha value is -2.48. The largest absolute Gasteiger partial charge is 0.452 e. The zero-order valence-corrected chi connectivity index (χ0v) is 12.9. The quantitative estimate of drug-likeness (QED) is 0.472. The lowest BCUT2D eigenvalue weighted by Gasteiger charge is -2.35. The summed E-state index contributed by atoms with van der Waals surface area (Å²) < 4.78 is 10.5. The summed E-state index contributed by atoms with van der Waals surface area (Å²) in [5.74, 6) is -1.08. The summed E-state index contributed by atoms with van der Waals surface area (Å²) in [5.41, 5.74) is -0.169. The number of nitrogens with zero attached hydrogens (tertiary/aromatic N) is 2. The van der Waals surface area contributed by atoms with Crippen molar-refractivity contribution in [2.45, 2.75) is 26.1 Å². The van der Waals surface area contributed by atoms with Crippen LogP contribution in [0.1, 0.15) is 24.2 Å². The highest BCUT2D eigenvalue weighted by atomic mass is 16.6. The summed E-state index contributed by atoms with van der Waals surface area (Å²) in [5, 5.41) is 10.7. The van der Waals surface area contributed by atoms with E-state index in [9.17, 15) is 19.7 Å². The number of rotatable bonds is 4. The minimum atomic E-state index is -0.767. The second kappa shape index (κ2) is 7.19. The summed E-state index contributed by atoms with van der Waals surface area (Å²) in [6, 6.07) is 5.19. The van der Waals surface area contributed by atoms with Crippen LogP contribution in [-0.4, -0.2) is 53.6 Å². The number of nitro benzene ring substituents is 1. The Labute approximate surface area is 133 Å². The van der Waals surface area contributed by atoms with Gasteiger partial charge in [-0.25, -0.2) is 4.79 Å². The maximum Gasteiger partial charge on any atom is 0.338 e. The number of carbonyl (C=O) groups is 2. The Kier molecular flexibility index (Phi) is 5.28. The van der Waals surface area contributed by atoms with Crippen LogP contribution in [0.15, 0.2) is 24.3 Å². The smallest absolute Gasteiger partial charge is 0.338 e. The average molecular weight is 322 g/mol. The molecule has 8 nitrogen and oxygen atoms in total. The van der Waals surface area contributed by atoms with Crippen LogP contribution in [0.25, 0.3) is 0 Å². The number of esters is 1. The highest BCUT2D eigenvalue weighted by Crippen LogP contribution is 2.14. The minimum absolute atomic E-state index is 0.0377. The number of nitro groups is 1. The van der Waals surface area contributed by atoms with Gasteiger partial charge >= 0.3 is 5.97 Å². The van der Waals surface area contributed by atoms with Gasteiger partial charge in [0.2, 0.25) is 0 Å². The standard InChI is InChI=1S/C15H18N2O6/c1-10-7-16(8-11(2)23-10)14(18)9-22-15(19)12-4-3-5-13(6-12)17(20)21/h3-6,10-11H,7-9H2,1-2H3/t10-,11+. The minimum Gasteiger partial charge on any atom is -0.452 e. The van der Waals surface area contributed by atoms with Crippen molar-refractivity contribution in [3.8, 4) is 0 Å². The molecule has 0 N–H and O–H groups in total. The molecule has 0 aromatic heterocycles. The van der Waals surface area contributed by atoms with E-state index in [-0.39, 0.29) is 29.4 Å². The fourth-order valence-electron chi connectivity index (χ4n) is 2.43. The van der Waals surface area contributed by atoms with E-state index in [4.69, 9.17) is 9.47 Å². The van der Waals surface area contributed by atoms with Crippen molar-refractivity contribution in [2.75, 3.05) is 19.7 Å². The lowest BCUT2D eigenvalue weighted by molar-refractivity contribution is -0.384. The maximum absolute atomic E-state index is 12.1. The predicted octanol–water partition coefficient (Wildman–Crippen LogP) is 1.39. The van der Waals surface area contributed by atoms with Crippen LogP contribution in [0.3, 0.4) is 0 Å². The zero-order chi connectivity index (χ0) is 17.0. The summed E-state index contributed by atoms with van der Waals surface area (Å²) in [6.45, 7) is 4.21. The van der Waals surface area contributed by atoms with E-state index in [0.29, 0.717) is 13.1 Å². The van der Waals surface area contributed by atoms with E-state index in [1.165, 1.54) is 18.2 Å². The first kappa shape index (κ1) is 16.9. The van der Waals surface area contributed by atoms with Gasteiger partial charge in [-0.05, 0) is 19.9 Å². The molecule has 0 radical (unpaired) electrons. The number of non-ortho nitro benzene ring substituents is 1. The van der Waals surface area contributed by atoms with E-state index >= 15 is 0 Å². The number of benzene rings is 1. The van der Waals surface area contributed by atoms with Gasteiger partial charge in [-0.15, -0.1) is 0 Å². The Balaban J connectivity index is 1.92. The van der Waals surface area contributed by atoms with Crippen LogP contribution in [0.5, 0.6) is 0 Å². The van der Waals surface area contributed by atoms with Crippen molar-refractivity contribution in [1.82, 2.24) is 4.90 Å². The third kappa shape index (κ3) is 4.49. The molecule has 1 saturated heterocycles. The first-order valence-corrected chi connectivity index (χ1v) is 7.21. The molecule has 0 unspecified atom stereocenters. The van der Waals surface area contributed by atoms with E-state index in [0.717, 1.165) is 6.07 Å². The van der Waals surface area contributed by atoms with Crippen molar-refractivity contribution in [1.29, 1.82) is 0 Å². The van der Waals surface area contributed by atoms with Gasteiger partial charge in [-0.3, -0.25) is 14.9 Å².